The smallest absolute Gasteiger partial charge is 0.0788 e. The van der Waals surface area contributed by atoms with Crippen molar-refractivity contribution in [2.24, 2.45) is 0 Å². The normalized spacial score (nSPS) is 24.8. The molecular formula is C46H98N5+5. The lowest BCUT2D eigenvalue weighted by molar-refractivity contribution is -0.931. The third-order valence-corrected chi connectivity index (χ3v) is 15.9. The van der Waals surface area contributed by atoms with Crippen molar-refractivity contribution in [2.75, 3.05) is 131 Å². The Morgan fingerprint density at radius 1 is 0.255 bits per heavy atom. The lowest BCUT2D eigenvalue weighted by Gasteiger charge is -2.41. The zero-order valence-corrected chi connectivity index (χ0v) is 36.5. The molecule has 5 heterocycles. The lowest BCUT2D eigenvalue weighted by Crippen LogP contribution is -2.52. The standard InChI is InChI=1S/C20H42N2.C18H38N2.C8H18N/c1-3-21(17-11-7-12-18-21)15-9-5-6-10-16-22(4-2)19-13-8-14-20-22;1-3-20(17-11-6-12-18-20)16-10-5-9-15-19(2)13-7-4-8-14-19;1-3-9(4-2)7-5-6-8-9/h3-20H2,1-2H3;3-18H2,1-2H3;3-8H2,1-2H3/q2*+2;+1. The van der Waals surface area contributed by atoms with E-state index in [9.17, 15) is 0 Å². The molecule has 0 bridgehead atoms. The van der Waals surface area contributed by atoms with Crippen LogP contribution in [0.2, 0.25) is 0 Å². The van der Waals surface area contributed by atoms with Gasteiger partial charge in [-0.3, -0.25) is 0 Å². The highest BCUT2D eigenvalue weighted by Gasteiger charge is 2.30. The first-order chi connectivity index (χ1) is 24.8. The molecule has 0 unspecified atom stereocenters. The summed E-state index contributed by atoms with van der Waals surface area (Å²) in [7, 11) is 2.49. The van der Waals surface area contributed by atoms with Crippen LogP contribution in [0.15, 0.2) is 0 Å². The zero-order chi connectivity index (χ0) is 36.8. The molecule has 0 atom stereocenters. The van der Waals surface area contributed by atoms with Crippen LogP contribution in [0.3, 0.4) is 0 Å². The van der Waals surface area contributed by atoms with Crippen LogP contribution in [0.25, 0.3) is 0 Å². The van der Waals surface area contributed by atoms with Crippen molar-refractivity contribution in [1.82, 2.24) is 0 Å². The number of unbranched alkanes of at least 4 members (excludes halogenated alkanes) is 5. The van der Waals surface area contributed by atoms with Crippen LogP contribution in [-0.2, 0) is 0 Å². The molecule has 0 aromatic heterocycles. The van der Waals surface area contributed by atoms with Crippen LogP contribution >= 0.6 is 0 Å². The summed E-state index contributed by atoms with van der Waals surface area (Å²) >= 11 is 0. The number of quaternary nitrogens is 5. The molecule has 5 fully saturated rings. The summed E-state index contributed by atoms with van der Waals surface area (Å²) in [5.74, 6) is 0. The topological polar surface area (TPSA) is 0 Å². The third-order valence-electron chi connectivity index (χ3n) is 15.9. The molecule has 0 aromatic rings. The van der Waals surface area contributed by atoms with Gasteiger partial charge in [0.2, 0.25) is 0 Å². The Bertz CT molecular complexity index is 806. The molecule has 5 saturated heterocycles. The minimum Gasteiger partial charge on any atom is -0.326 e. The predicted molar refractivity (Wildman–Crippen MR) is 225 cm³/mol. The summed E-state index contributed by atoms with van der Waals surface area (Å²) in [6, 6.07) is 0. The highest BCUT2D eigenvalue weighted by Crippen LogP contribution is 2.24. The Kier molecular flexibility index (Phi) is 21.6. The second-order valence-corrected chi connectivity index (χ2v) is 19.1. The Morgan fingerprint density at radius 2 is 0.490 bits per heavy atom. The summed E-state index contributed by atoms with van der Waals surface area (Å²) in [6.07, 6.45) is 30.9. The van der Waals surface area contributed by atoms with E-state index in [1.807, 2.05) is 0 Å². The maximum atomic E-state index is 2.49. The average molecular weight is 721 g/mol. The van der Waals surface area contributed by atoms with Gasteiger partial charge in [-0.2, -0.15) is 0 Å². The van der Waals surface area contributed by atoms with E-state index in [-0.39, 0.29) is 0 Å². The molecule has 0 aromatic carbocycles. The fraction of sp³-hybridized carbons (Fsp3) is 1.00. The number of hydrogen-bond acceptors (Lipinski definition) is 0. The van der Waals surface area contributed by atoms with Gasteiger partial charge < -0.3 is 22.4 Å². The Labute approximate surface area is 322 Å². The number of likely N-dealkylation sites (tertiary alicyclic amines) is 5. The molecule has 0 saturated carbocycles. The van der Waals surface area contributed by atoms with Gasteiger partial charge in [0.25, 0.3) is 0 Å². The number of nitrogens with zero attached hydrogens (tertiary/aromatic N) is 5. The molecule has 5 heteroatoms. The van der Waals surface area contributed by atoms with Gasteiger partial charge in [-0.1, -0.05) is 0 Å². The highest BCUT2D eigenvalue weighted by atomic mass is 15.4. The van der Waals surface area contributed by atoms with Crippen LogP contribution in [0, 0.1) is 0 Å². The van der Waals surface area contributed by atoms with Gasteiger partial charge in [-0.25, -0.2) is 0 Å². The maximum absolute atomic E-state index is 2.49. The Morgan fingerprint density at radius 3 is 0.784 bits per heavy atom. The van der Waals surface area contributed by atoms with E-state index in [2.05, 4.69) is 41.7 Å². The molecular weight excluding hydrogens is 623 g/mol. The van der Waals surface area contributed by atoms with Crippen molar-refractivity contribution in [2.45, 2.75) is 169 Å². The van der Waals surface area contributed by atoms with E-state index in [1.54, 1.807) is 0 Å². The molecule has 5 nitrogen and oxygen atoms in total. The molecule has 0 N–H and O–H groups in total. The predicted octanol–water partition coefficient (Wildman–Crippen LogP) is 10.0. The second-order valence-electron chi connectivity index (χ2n) is 19.1. The first-order valence-corrected chi connectivity index (χ1v) is 24.0. The Balaban J connectivity index is 0.000000223. The first-order valence-electron chi connectivity index (χ1n) is 24.0. The van der Waals surface area contributed by atoms with Crippen LogP contribution in [0.1, 0.15) is 169 Å². The van der Waals surface area contributed by atoms with Crippen LogP contribution in [0.5, 0.6) is 0 Å². The molecule has 5 rings (SSSR count). The SMILES string of the molecule is CC[N+]1(CC)CCCC1.CC[N+]1(CCCCCC[N+]2(CC)CCCCC2)CCCCC1.CC[N+]1(CCCCC[N+]2(C)CCCCC2)CCCCC1. The number of rotatable bonds is 18. The second kappa shape index (κ2) is 24.3. The van der Waals surface area contributed by atoms with Gasteiger partial charge >= 0.3 is 0 Å². The van der Waals surface area contributed by atoms with Crippen molar-refractivity contribution in [3.63, 3.8) is 0 Å². The summed E-state index contributed by atoms with van der Waals surface area (Å²) in [4.78, 5) is 0. The fourth-order valence-corrected chi connectivity index (χ4v) is 11.4. The molecule has 5 aliphatic heterocycles. The fourth-order valence-electron chi connectivity index (χ4n) is 11.4. The van der Waals surface area contributed by atoms with Crippen molar-refractivity contribution < 1.29 is 22.4 Å². The van der Waals surface area contributed by atoms with Crippen LogP contribution < -0.4 is 0 Å². The Hall–Kier alpha value is -0.200. The van der Waals surface area contributed by atoms with Crippen molar-refractivity contribution in [1.29, 1.82) is 0 Å². The van der Waals surface area contributed by atoms with Crippen molar-refractivity contribution in [3.05, 3.63) is 0 Å². The average Bonchev–Trinajstić information content (AvgIpc) is 3.68. The largest absolute Gasteiger partial charge is 0.326 e. The summed E-state index contributed by atoms with van der Waals surface area (Å²) in [5, 5.41) is 0. The van der Waals surface area contributed by atoms with Crippen molar-refractivity contribution in [3.8, 4) is 0 Å². The number of piperidine rings is 4. The summed E-state index contributed by atoms with van der Waals surface area (Å²) in [5.41, 5.74) is 0. The summed E-state index contributed by atoms with van der Waals surface area (Å²) < 4.78 is 7.07. The molecule has 302 valence electrons. The van der Waals surface area contributed by atoms with Gasteiger partial charge in [-0.05, 0) is 157 Å². The van der Waals surface area contributed by atoms with Gasteiger partial charge in [0.15, 0.2) is 0 Å². The zero-order valence-electron chi connectivity index (χ0n) is 36.5. The van der Waals surface area contributed by atoms with Crippen LogP contribution in [-0.4, -0.2) is 154 Å². The molecule has 0 spiro atoms. The van der Waals surface area contributed by atoms with Crippen LogP contribution in [0.4, 0.5) is 0 Å². The van der Waals surface area contributed by atoms with Crippen molar-refractivity contribution >= 4 is 0 Å². The van der Waals surface area contributed by atoms with Gasteiger partial charge in [0.05, 0.1) is 131 Å². The van der Waals surface area contributed by atoms with E-state index in [1.165, 1.54) is 282 Å². The van der Waals surface area contributed by atoms with Gasteiger partial charge in [-0.15, -0.1) is 0 Å². The lowest BCUT2D eigenvalue weighted by atomic mass is 10.0. The third kappa shape index (κ3) is 15.8. The van der Waals surface area contributed by atoms with E-state index >= 15 is 0 Å². The van der Waals surface area contributed by atoms with E-state index < -0.39 is 0 Å². The van der Waals surface area contributed by atoms with Gasteiger partial charge in [0.1, 0.15) is 0 Å². The quantitative estimate of drug-likeness (QED) is 0.0977. The van der Waals surface area contributed by atoms with Gasteiger partial charge in [0, 0.05) is 12.8 Å². The maximum Gasteiger partial charge on any atom is 0.0788 e. The molecule has 0 radical (unpaired) electrons. The minimum absolute atomic E-state index is 1.34. The highest BCUT2D eigenvalue weighted by molar-refractivity contribution is 4.58. The minimum atomic E-state index is 1.34. The first kappa shape index (κ1) is 45.2. The van der Waals surface area contributed by atoms with E-state index in [0.717, 1.165) is 0 Å². The molecule has 0 aliphatic carbocycles. The summed E-state index contributed by atoms with van der Waals surface area (Å²) in [6.45, 7) is 39.0. The molecule has 5 aliphatic rings. The van der Waals surface area contributed by atoms with E-state index in [0.29, 0.717) is 0 Å². The monoisotopic (exact) mass is 721 g/mol. The number of hydrogen-bond donors (Lipinski definition) is 0. The van der Waals surface area contributed by atoms with E-state index in [4.69, 9.17) is 0 Å². The molecule has 0 amide bonds. The molecule has 51 heavy (non-hydrogen) atoms.